The number of imidazole rings is 2. The van der Waals surface area contributed by atoms with Crippen LogP contribution in [-0.2, 0) is 10.1 Å². The molecule has 8 heterocycles. The first kappa shape index (κ1) is 43.6. The van der Waals surface area contributed by atoms with Gasteiger partial charge in [-0.05, 0) is 92.6 Å². The van der Waals surface area contributed by atoms with Crippen LogP contribution in [0.25, 0.3) is 68.0 Å². The number of hydrogen-bond acceptors (Lipinski definition) is 12. The van der Waals surface area contributed by atoms with Crippen molar-refractivity contribution in [2.75, 3.05) is 0 Å². The van der Waals surface area contributed by atoms with Crippen LogP contribution in [0.15, 0.2) is 164 Å². The van der Waals surface area contributed by atoms with Gasteiger partial charge in [-0.25, -0.2) is 24.9 Å². The Kier molecular flexibility index (Phi) is 14.3. The number of pyridine rings is 5. The topological polar surface area (TPSA) is 215 Å². The lowest BCUT2D eigenvalue weighted by atomic mass is 10.0. The molecule has 310 valence electrons. The van der Waals surface area contributed by atoms with Gasteiger partial charge in [0.05, 0.1) is 15.9 Å². The molecule has 0 saturated heterocycles. The summed E-state index contributed by atoms with van der Waals surface area (Å²) in [6, 6.07) is 31.1. The van der Waals surface area contributed by atoms with Gasteiger partial charge in [0.1, 0.15) is 17.1 Å². The van der Waals surface area contributed by atoms with Crippen LogP contribution in [0.4, 0.5) is 0 Å². The molecule has 0 fully saturated rings. The third kappa shape index (κ3) is 11.0. The normalized spacial score (nSPS) is 10.6. The predicted molar refractivity (Wildman–Crippen MR) is 240 cm³/mol. The maximum Gasteiger partial charge on any atom is 0.294 e. The second kappa shape index (κ2) is 20.3. The fourth-order valence-corrected chi connectivity index (χ4v) is 6.29. The zero-order valence-corrected chi connectivity index (χ0v) is 34.0. The van der Waals surface area contributed by atoms with Crippen LogP contribution in [0.3, 0.4) is 0 Å². The minimum atomic E-state index is -4.02. The second-order valence-electron chi connectivity index (χ2n) is 13.2. The Hall–Kier alpha value is -7.95. The maximum absolute atomic E-state index is 10.5. The average molecular weight is 843 g/mol. The summed E-state index contributed by atoms with van der Waals surface area (Å²) >= 11 is 0. The highest BCUT2D eigenvalue weighted by Crippen LogP contribution is 2.26. The molecule has 15 nitrogen and oxygen atoms in total. The van der Waals surface area contributed by atoms with E-state index in [0.29, 0.717) is 34.6 Å². The number of aromatic nitrogens is 12. The molecule has 62 heavy (non-hydrogen) atoms. The number of nitrogens with zero attached hydrogens (tertiary/aromatic N) is 10. The van der Waals surface area contributed by atoms with Gasteiger partial charge >= 0.3 is 0 Å². The van der Waals surface area contributed by atoms with Crippen LogP contribution in [-0.4, -0.2) is 72.8 Å². The minimum absolute atomic E-state index is 0. The number of nitrogens with one attached hydrogen (secondary N) is 2. The molecule has 0 bridgehead atoms. The van der Waals surface area contributed by atoms with Crippen LogP contribution in [0, 0.1) is 20.8 Å². The molecule has 0 atom stereocenters. The largest absolute Gasteiger partial charge is 0.342 e. The summed E-state index contributed by atoms with van der Waals surface area (Å²) in [5.74, 6) is 3.01. The van der Waals surface area contributed by atoms with Crippen molar-refractivity contribution in [2.45, 2.75) is 33.1 Å². The van der Waals surface area contributed by atoms with Crippen molar-refractivity contribution in [3.05, 3.63) is 176 Å². The third-order valence-electron chi connectivity index (χ3n) is 8.91. The lowest BCUT2D eigenvalue weighted by molar-refractivity contribution is 0.483. The average Bonchev–Trinajstić information content (AvgIpc) is 4.04. The summed E-state index contributed by atoms with van der Waals surface area (Å²) < 4.78 is 29.6. The maximum atomic E-state index is 10.5. The fourth-order valence-electron chi connectivity index (χ4n) is 5.81. The molecule has 16 heteroatoms. The zero-order valence-electron chi connectivity index (χ0n) is 33.2. The summed E-state index contributed by atoms with van der Waals surface area (Å²) in [7, 11) is -4.02. The van der Waals surface area contributed by atoms with Crippen molar-refractivity contribution < 1.29 is 13.0 Å². The molecule has 0 spiro atoms. The molecule has 0 aliphatic rings. The van der Waals surface area contributed by atoms with Crippen molar-refractivity contribution in [1.29, 1.82) is 0 Å². The van der Waals surface area contributed by atoms with Gasteiger partial charge in [-0.3, -0.25) is 29.5 Å². The van der Waals surface area contributed by atoms with Gasteiger partial charge in [-0.1, -0.05) is 55.5 Å². The highest BCUT2D eigenvalue weighted by atomic mass is 32.2. The summed E-state index contributed by atoms with van der Waals surface area (Å²) in [5, 5.41) is 2.38. The molecule has 0 aliphatic heterocycles. The number of hydrogen-bond donors (Lipinski definition) is 3. The third-order valence-corrected chi connectivity index (χ3v) is 9.78. The molecular weight excluding hydrogens is 801 g/mol. The predicted octanol–water partition coefficient (Wildman–Crippen LogP) is 9.14. The second-order valence-corrected chi connectivity index (χ2v) is 14.6. The van der Waals surface area contributed by atoms with E-state index in [0.717, 1.165) is 28.2 Å². The molecule has 0 aliphatic carbocycles. The Morgan fingerprint density at radius 2 is 0.855 bits per heavy atom. The SMILES string of the molecule is C.Cc1ccc(S(=O)(=O)O)cc1.Cc1ccnc2c1ccc1c(C)ccnc12.c1c[nH]c(-c2ncc[nH]2)n1.c1ccc(-c2nc(-c3ccccn3)nc(-c3ccccn3)n2)nc1. The van der Waals surface area contributed by atoms with Gasteiger partial charge in [0.2, 0.25) is 0 Å². The Morgan fingerprint density at radius 3 is 1.18 bits per heavy atom. The van der Waals surface area contributed by atoms with Gasteiger partial charge in [-0.15, -0.1) is 0 Å². The van der Waals surface area contributed by atoms with E-state index in [-0.39, 0.29) is 12.3 Å². The van der Waals surface area contributed by atoms with Crippen molar-refractivity contribution in [3.63, 3.8) is 0 Å². The molecule has 0 unspecified atom stereocenters. The Labute approximate surface area is 358 Å². The van der Waals surface area contributed by atoms with Crippen LogP contribution >= 0.6 is 0 Å². The van der Waals surface area contributed by atoms with E-state index in [9.17, 15) is 8.42 Å². The first-order chi connectivity index (χ1) is 29.6. The van der Waals surface area contributed by atoms with E-state index >= 15 is 0 Å². The van der Waals surface area contributed by atoms with Crippen molar-refractivity contribution in [3.8, 4) is 46.2 Å². The van der Waals surface area contributed by atoms with Crippen LogP contribution < -0.4 is 0 Å². The van der Waals surface area contributed by atoms with E-state index < -0.39 is 10.1 Å². The zero-order chi connectivity index (χ0) is 42.6. The number of benzene rings is 2. The van der Waals surface area contributed by atoms with Gasteiger partial charge in [0, 0.05) is 66.5 Å². The van der Waals surface area contributed by atoms with E-state index in [4.69, 9.17) is 4.55 Å². The minimum Gasteiger partial charge on any atom is -0.342 e. The number of aryl methyl sites for hydroxylation is 3. The molecule has 0 saturated carbocycles. The van der Waals surface area contributed by atoms with E-state index in [1.165, 1.54) is 34.0 Å². The number of rotatable bonds is 5. The van der Waals surface area contributed by atoms with E-state index in [2.05, 4.69) is 85.8 Å². The van der Waals surface area contributed by atoms with Crippen molar-refractivity contribution >= 4 is 31.9 Å². The Morgan fingerprint density at radius 1 is 0.452 bits per heavy atom. The van der Waals surface area contributed by atoms with Crippen molar-refractivity contribution in [2.24, 2.45) is 0 Å². The molecule has 2 aromatic carbocycles. The summed E-state index contributed by atoms with van der Waals surface area (Å²) in [6.45, 7) is 6.05. The number of aromatic amines is 2. The lowest BCUT2D eigenvalue weighted by Crippen LogP contribution is -2.02. The number of fused-ring (bicyclic) bond motifs is 3. The van der Waals surface area contributed by atoms with Gasteiger partial charge in [0.25, 0.3) is 10.1 Å². The first-order valence-electron chi connectivity index (χ1n) is 18.8. The number of H-pyrrole nitrogens is 2. The highest BCUT2D eigenvalue weighted by Gasteiger charge is 2.14. The Balaban J connectivity index is 0.000000146. The van der Waals surface area contributed by atoms with Crippen LogP contribution in [0.5, 0.6) is 0 Å². The summed E-state index contributed by atoms with van der Waals surface area (Å²) in [4.78, 5) is 49.3. The van der Waals surface area contributed by atoms with Crippen molar-refractivity contribution in [1.82, 2.24) is 59.8 Å². The van der Waals surface area contributed by atoms with Crippen LogP contribution in [0.2, 0.25) is 0 Å². The standard InChI is InChI=1S/C18H12N6.C14H12N2.C7H8O3S.C6H6N4.CH4/c1-4-10-19-13(7-1)16-22-17(14-8-2-5-11-20-14)24-18(23-16)15-9-3-6-12-21-15;1-9-5-7-15-13-11(9)3-4-12-10(2)6-8-16-14(12)13;1-6-2-4-7(5-3-6)11(8,9)10;1-2-8-5(7-1)6-9-3-4-10-6;/h1-12H;3-8H,1-2H3;2-5H,1H3,(H,8,9,10);1-4H,(H,7,8)(H,9,10);1H4. The highest BCUT2D eigenvalue weighted by molar-refractivity contribution is 7.85. The smallest absolute Gasteiger partial charge is 0.294 e. The lowest BCUT2D eigenvalue weighted by Gasteiger charge is -2.06. The first-order valence-corrected chi connectivity index (χ1v) is 20.2. The molecule has 8 aromatic heterocycles. The molecule has 0 amide bonds. The molecule has 0 radical (unpaired) electrons. The van der Waals surface area contributed by atoms with E-state index in [1.54, 1.807) is 55.5 Å². The molecular formula is C46H42N12O3S. The van der Waals surface area contributed by atoms with E-state index in [1.807, 2.05) is 86.0 Å². The van der Waals surface area contributed by atoms with Gasteiger partial charge in [-0.2, -0.15) is 8.42 Å². The summed E-state index contributed by atoms with van der Waals surface area (Å²) in [5.41, 5.74) is 7.47. The van der Waals surface area contributed by atoms with Crippen LogP contribution in [0.1, 0.15) is 24.1 Å². The molecule has 10 aromatic rings. The molecule has 3 N–H and O–H groups in total. The van der Waals surface area contributed by atoms with Gasteiger partial charge < -0.3 is 9.97 Å². The monoisotopic (exact) mass is 842 g/mol. The van der Waals surface area contributed by atoms with Gasteiger partial charge in [0.15, 0.2) is 29.1 Å². The summed E-state index contributed by atoms with van der Waals surface area (Å²) in [6.07, 6.45) is 15.7. The molecule has 10 rings (SSSR count). The fraction of sp³-hybridized carbons (Fsp3) is 0.0870. The quantitative estimate of drug-likeness (QED) is 0.109. The Bertz CT molecular complexity index is 2830.